The Labute approximate surface area is 537 Å². The zero-order valence-electron chi connectivity index (χ0n) is 51.6. The molecular weight excluding hydrogens is 1220 g/mol. The van der Waals surface area contributed by atoms with Gasteiger partial charge in [0.25, 0.3) is 5.92 Å². The van der Waals surface area contributed by atoms with E-state index in [1.54, 1.807) is 42.5 Å². The minimum atomic E-state index is -3.45. The highest BCUT2D eigenvalue weighted by Crippen LogP contribution is 2.44. The molecule has 3 fully saturated rings. The number of hydrogen-bond donors (Lipinski definition) is 2. The molecule has 0 unspecified atom stereocenters. The lowest BCUT2D eigenvalue weighted by atomic mass is 9.96. The topological polar surface area (TPSA) is 208 Å². The van der Waals surface area contributed by atoms with Gasteiger partial charge in [-0.05, 0) is 124 Å². The summed E-state index contributed by atoms with van der Waals surface area (Å²) < 4.78 is 73.8. The summed E-state index contributed by atoms with van der Waals surface area (Å²) in [5, 5.41) is 13.0. The smallest absolute Gasteiger partial charge is 0.355 e. The van der Waals surface area contributed by atoms with Gasteiger partial charge >= 0.3 is 11.7 Å². The maximum absolute atomic E-state index is 17.3. The maximum Gasteiger partial charge on any atom is 0.355 e. The second kappa shape index (κ2) is 26.0. The maximum atomic E-state index is 17.3. The fraction of sp³-hybridized carbons (Fsp3) is 0.358. The molecule has 8 heterocycles. The molecule has 92 heavy (non-hydrogen) atoms. The molecule has 2 amide bonds. The number of aromatic nitrogens is 7. The van der Waals surface area contributed by atoms with Gasteiger partial charge < -0.3 is 40.1 Å². The SMILES string of the molecule is C=CC(=O)N1CCN(c2nc(=O)n(-c3c(C)cc(CN(C)C/C=C/C(=O)N4CCCN(c5nc(OC[C@@H]6CCCN6C)nc6c(F)c(-c7cc(O)cc8ccccc78)c(Cl)cc56)CCC4)nc3C(C)C)c3nc(-c4cccc5sc(N)nc45)c(F)cc23)CC(F)(F)C1. The highest BCUT2D eigenvalue weighted by Gasteiger charge is 2.40. The monoisotopic (exact) mass is 1290 g/mol. The number of anilines is 3. The number of rotatable bonds is 15. The molecule has 3 saturated heterocycles. The van der Waals surface area contributed by atoms with Crippen LogP contribution in [0.5, 0.6) is 11.8 Å². The van der Waals surface area contributed by atoms with Gasteiger partial charge in [-0.2, -0.15) is 15.0 Å². The molecule has 0 bridgehead atoms. The third kappa shape index (κ3) is 12.8. The van der Waals surface area contributed by atoms with Gasteiger partial charge in [0, 0.05) is 81.0 Å². The molecular formula is C67H69ClF4N14O5S. The zero-order chi connectivity index (χ0) is 64.9. The van der Waals surface area contributed by atoms with Crippen LogP contribution in [0.3, 0.4) is 0 Å². The predicted octanol–water partition coefficient (Wildman–Crippen LogP) is 10.9. The number of pyridine rings is 2. The molecule has 12 rings (SSSR count). The van der Waals surface area contributed by atoms with Crippen LogP contribution in [0.1, 0.15) is 62.4 Å². The number of benzene rings is 4. The van der Waals surface area contributed by atoms with Crippen molar-refractivity contribution in [2.75, 3.05) is 102 Å². The van der Waals surface area contributed by atoms with E-state index in [1.807, 2.05) is 75.0 Å². The van der Waals surface area contributed by atoms with Crippen molar-refractivity contribution in [3.05, 3.63) is 142 Å². The van der Waals surface area contributed by atoms with E-state index in [-0.39, 0.29) is 86.5 Å². The average Bonchev–Trinajstić information content (AvgIpc) is 1.04. The number of hydrogen-bond acceptors (Lipinski definition) is 17. The van der Waals surface area contributed by atoms with Crippen LogP contribution < -0.4 is 26.0 Å². The largest absolute Gasteiger partial charge is 0.508 e. The number of halogens is 5. The average molecular weight is 1290 g/mol. The number of nitrogens with two attached hydrogens (primary N) is 1. The van der Waals surface area contributed by atoms with Crippen LogP contribution in [0.15, 0.2) is 102 Å². The van der Waals surface area contributed by atoms with E-state index in [4.69, 9.17) is 37.0 Å². The lowest BCUT2D eigenvalue weighted by Crippen LogP contribution is -2.41. The van der Waals surface area contributed by atoms with Gasteiger partial charge in [0.2, 0.25) is 11.8 Å². The summed E-state index contributed by atoms with van der Waals surface area (Å²) in [6.45, 7) is 10.8. The summed E-state index contributed by atoms with van der Waals surface area (Å²) in [7, 11) is 3.94. The number of fused-ring (bicyclic) bond motifs is 4. The van der Waals surface area contributed by atoms with Crippen LogP contribution in [0, 0.1) is 18.6 Å². The fourth-order valence-electron chi connectivity index (χ4n) is 12.8. The number of nitrogen functional groups attached to an aromatic ring is 1. The first-order valence-electron chi connectivity index (χ1n) is 30.6. The molecule has 0 radical (unpaired) electrons. The van der Waals surface area contributed by atoms with Crippen molar-refractivity contribution in [1.82, 2.24) is 54.1 Å². The van der Waals surface area contributed by atoms with Crippen molar-refractivity contribution in [3.8, 4) is 39.8 Å². The lowest BCUT2D eigenvalue weighted by molar-refractivity contribution is -0.130. The van der Waals surface area contributed by atoms with E-state index in [0.29, 0.717) is 119 Å². The molecule has 0 spiro atoms. The van der Waals surface area contributed by atoms with E-state index < -0.39 is 42.2 Å². The predicted molar refractivity (Wildman–Crippen MR) is 352 cm³/mol. The molecule has 478 valence electrons. The van der Waals surface area contributed by atoms with Gasteiger partial charge in [-0.3, -0.25) is 19.5 Å². The Hall–Kier alpha value is -8.84. The molecule has 0 saturated carbocycles. The molecule has 19 nitrogen and oxygen atoms in total. The van der Waals surface area contributed by atoms with Gasteiger partial charge in [0.05, 0.1) is 50.8 Å². The zero-order valence-corrected chi connectivity index (χ0v) is 53.2. The van der Waals surface area contributed by atoms with Crippen LogP contribution in [-0.4, -0.2) is 169 Å². The quantitative estimate of drug-likeness (QED) is 0.0722. The van der Waals surface area contributed by atoms with E-state index in [2.05, 4.69) is 31.3 Å². The minimum absolute atomic E-state index is 0.0229. The second-order valence-corrected chi connectivity index (χ2v) is 25.7. The van der Waals surface area contributed by atoms with Crippen molar-refractivity contribution in [1.29, 1.82) is 0 Å². The van der Waals surface area contributed by atoms with Crippen molar-refractivity contribution >= 4 is 94.4 Å². The summed E-state index contributed by atoms with van der Waals surface area (Å²) in [5.41, 5.74) is 8.37. The van der Waals surface area contributed by atoms with Gasteiger partial charge in [-0.1, -0.05) is 85.8 Å². The summed E-state index contributed by atoms with van der Waals surface area (Å²) in [6, 6.07) is 20.5. The van der Waals surface area contributed by atoms with Gasteiger partial charge in [0.15, 0.2) is 16.6 Å². The number of aryl methyl sites for hydroxylation is 1. The minimum Gasteiger partial charge on any atom is -0.508 e. The standard InChI is InChI=1S/C67H69ClF4N14O5S/c1-7-52(88)84-27-28-85(37-67(71,72)36-84)62-48-33-50(69)57(45-18-10-19-51-58(45)76-64(73)92-51)75-63(48)86(66(90)79-62)60-39(4)29-41(74-56(60)38(2)3)34-80(5)21-12-20-53(89)82-23-13-25-83(26-14-24-82)61-47-32-49(68)54(46-31-43(87)30-40-15-8-9-17-44(40)46)55(70)59(47)77-65(78-61)91-35-42-16-11-22-81(42)6/h7-10,12,15,17-20,29-33,38,42,87H,1,11,13-14,16,21-28,34-37H2,2-6H3,(H2,73,76)/b20-12+/t42-/m0/s1. The Bertz CT molecular complexity index is 4480. The molecule has 4 aromatic carbocycles. The third-order valence-corrected chi connectivity index (χ3v) is 18.4. The Morgan fingerprint density at radius 1 is 0.848 bits per heavy atom. The molecule has 9 aromatic rings. The van der Waals surface area contributed by atoms with Crippen LogP contribution in [0.25, 0.3) is 71.0 Å². The normalized spacial score (nSPS) is 16.8. The van der Waals surface area contributed by atoms with Crippen molar-refractivity contribution < 1.29 is 37.0 Å². The van der Waals surface area contributed by atoms with Gasteiger partial charge in [0.1, 0.15) is 41.0 Å². The number of para-hydroxylation sites is 1. The molecule has 3 aliphatic rings. The number of thiazole rings is 1. The van der Waals surface area contributed by atoms with Gasteiger partial charge in [-0.25, -0.2) is 36.9 Å². The molecule has 3 N–H and O–H groups in total. The first-order valence-corrected chi connectivity index (χ1v) is 31.8. The molecule has 3 aliphatic heterocycles. The summed E-state index contributed by atoms with van der Waals surface area (Å²) in [5.74, 6) is -5.84. The summed E-state index contributed by atoms with van der Waals surface area (Å²) in [4.78, 5) is 80.0. The van der Waals surface area contributed by atoms with E-state index >= 15 is 17.6 Å². The van der Waals surface area contributed by atoms with E-state index in [9.17, 15) is 19.5 Å². The van der Waals surface area contributed by atoms with Crippen molar-refractivity contribution in [3.63, 3.8) is 0 Å². The fourth-order valence-corrected chi connectivity index (χ4v) is 13.9. The Kier molecular flexibility index (Phi) is 17.9. The first-order chi connectivity index (χ1) is 44.1. The van der Waals surface area contributed by atoms with E-state index in [1.165, 1.54) is 26.9 Å². The highest BCUT2D eigenvalue weighted by atomic mass is 35.5. The van der Waals surface area contributed by atoms with Crippen molar-refractivity contribution in [2.45, 2.75) is 70.9 Å². The molecule has 1 atom stereocenters. The van der Waals surface area contributed by atoms with Gasteiger partial charge in [-0.15, -0.1) is 0 Å². The Balaban J connectivity index is 0.775. The number of carbonyl (C=O) groups is 2. The highest BCUT2D eigenvalue weighted by molar-refractivity contribution is 7.22. The van der Waals surface area contributed by atoms with Crippen LogP contribution >= 0.6 is 22.9 Å². The summed E-state index contributed by atoms with van der Waals surface area (Å²) >= 11 is 8.25. The molecule has 0 aliphatic carbocycles. The number of phenolic OH excluding ortho intramolecular Hbond substituents is 1. The number of likely N-dealkylation sites (tertiary alicyclic amines) is 1. The number of ether oxygens (including phenoxy) is 1. The number of nitrogens with zero attached hydrogens (tertiary/aromatic N) is 13. The first kappa shape index (κ1) is 63.3. The molecule has 25 heteroatoms. The van der Waals surface area contributed by atoms with E-state index in [0.717, 1.165) is 41.8 Å². The molecule has 5 aromatic heterocycles. The Morgan fingerprint density at radius 3 is 2.37 bits per heavy atom. The number of phenols is 1. The number of alkyl halides is 2. The van der Waals surface area contributed by atoms with Crippen LogP contribution in [0.4, 0.5) is 34.3 Å². The van der Waals surface area contributed by atoms with Crippen LogP contribution in [-0.2, 0) is 16.1 Å². The number of carbonyl (C=O) groups excluding carboxylic acids is 2. The van der Waals surface area contributed by atoms with Crippen molar-refractivity contribution in [2.24, 2.45) is 0 Å². The lowest BCUT2D eigenvalue weighted by Gasteiger charge is -2.31. The number of amides is 2. The number of aromatic hydroxyl groups is 1. The Morgan fingerprint density at radius 2 is 1.62 bits per heavy atom. The third-order valence-electron chi connectivity index (χ3n) is 17.3. The summed E-state index contributed by atoms with van der Waals surface area (Å²) in [6.07, 6.45) is 7.48. The number of likely N-dealkylation sites (N-methyl/N-ethyl adjacent to an activating group) is 2. The second-order valence-electron chi connectivity index (χ2n) is 24.2. The van der Waals surface area contributed by atoms with Crippen LogP contribution in [0.2, 0.25) is 5.02 Å².